The number of halogens is 2. The van der Waals surface area contributed by atoms with E-state index in [1.54, 1.807) is 23.9 Å². The lowest BCUT2D eigenvalue weighted by Gasteiger charge is -2.24. The maximum absolute atomic E-state index is 13.3. The van der Waals surface area contributed by atoms with Crippen molar-refractivity contribution in [3.8, 4) is 5.75 Å². The molecule has 0 atom stereocenters. The van der Waals surface area contributed by atoms with Crippen LogP contribution in [0, 0.1) is 5.82 Å². The summed E-state index contributed by atoms with van der Waals surface area (Å²) in [6.45, 7) is 10.1. The van der Waals surface area contributed by atoms with Crippen LogP contribution in [0.2, 0.25) is 0 Å². The molecular weight excluding hydrogens is 493 g/mol. The second-order valence-electron chi connectivity index (χ2n) is 7.51. The van der Waals surface area contributed by atoms with Crippen LogP contribution in [0.5, 0.6) is 5.75 Å². The van der Waals surface area contributed by atoms with Crippen molar-refractivity contribution in [1.29, 1.82) is 0 Å². The number of hydrogen-bond donors (Lipinski definition) is 0. The summed E-state index contributed by atoms with van der Waals surface area (Å²) < 4.78 is 19.8. The molecule has 9 heteroatoms. The molecule has 0 aliphatic carbocycles. The first-order valence-corrected chi connectivity index (χ1v) is 13.3. The normalized spacial score (nSPS) is 11.0. The largest absolute Gasteiger partial charge is 0.492 e. The molecule has 0 N–H and O–H groups in total. The molecule has 0 fully saturated rings. The number of benzene rings is 2. The molecule has 0 radical (unpaired) electrons. The Morgan fingerprint density at radius 3 is 2.50 bits per heavy atom. The highest BCUT2D eigenvalue weighted by Gasteiger charge is 2.21. The van der Waals surface area contributed by atoms with Crippen molar-refractivity contribution in [2.75, 3.05) is 43.4 Å². The summed E-state index contributed by atoms with van der Waals surface area (Å²) in [5.74, 6) is 1.40. The molecule has 1 heterocycles. The van der Waals surface area contributed by atoms with E-state index in [4.69, 9.17) is 9.72 Å². The van der Waals surface area contributed by atoms with Crippen molar-refractivity contribution in [3.63, 3.8) is 0 Å². The minimum atomic E-state index is -0.235. The number of likely N-dealkylation sites (N-methyl/N-ethyl adjacent to an activating group) is 1. The summed E-state index contributed by atoms with van der Waals surface area (Å²) in [5.41, 5.74) is 0.812. The van der Waals surface area contributed by atoms with Gasteiger partial charge in [-0.25, -0.2) is 9.37 Å². The molecule has 186 valence electrons. The Hall–Kier alpha value is -1.87. The van der Waals surface area contributed by atoms with E-state index >= 15 is 0 Å². The fourth-order valence-electron chi connectivity index (χ4n) is 3.49. The third-order valence-corrected chi connectivity index (χ3v) is 7.50. The Labute approximate surface area is 216 Å². The van der Waals surface area contributed by atoms with E-state index in [9.17, 15) is 9.18 Å². The van der Waals surface area contributed by atoms with Gasteiger partial charge in [-0.3, -0.25) is 9.69 Å². The molecule has 0 bridgehead atoms. The summed E-state index contributed by atoms with van der Waals surface area (Å²) in [4.78, 5) is 23.2. The summed E-state index contributed by atoms with van der Waals surface area (Å²) in [6.07, 6.45) is 1.19. The van der Waals surface area contributed by atoms with Crippen LogP contribution in [0.1, 0.15) is 33.6 Å². The van der Waals surface area contributed by atoms with Crippen molar-refractivity contribution in [2.45, 2.75) is 38.5 Å². The highest BCUT2D eigenvalue weighted by atomic mass is 35.5. The molecule has 0 spiro atoms. The van der Waals surface area contributed by atoms with Crippen molar-refractivity contribution in [3.05, 3.63) is 48.3 Å². The quantitative estimate of drug-likeness (QED) is 0.188. The van der Waals surface area contributed by atoms with E-state index in [1.807, 2.05) is 30.0 Å². The van der Waals surface area contributed by atoms with E-state index in [1.165, 1.54) is 23.5 Å². The summed E-state index contributed by atoms with van der Waals surface area (Å²) in [7, 11) is 0. The Kier molecular flexibility index (Phi) is 12.1. The van der Waals surface area contributed by atoms with Gasteiger partial charge in [0.1, 0.15) is 17.1 Å². The van der Waals surface area contributed by atoms with E-state index in [-0.39, 0.29) is 24.1 Å². The van der Waals surface area contributed by atoms with E-state index in [0.29, 0.717) is 19.6 Å². The Morgan fingerprint density at radius 2 is 1.82 bits per heavy atom. The minimum absolute atomic E-state index is 0. The Balaban J connectivity index is 0.00000408. The van der Waals surface area contributed by atoms with Crippen molar-refractivity contribution >= 4 is 56.8 Å². The Bertz CT molecular complexity index is 1030. The number of nitrogens with zero attached hydrogens (tertiary/aromatic N) is 3. The number of thioether (sulfide) groups is 1. The number of carbonyl (C=O) groups excluding carboxylic acids is 1. The molecule has 3 aromatic rings. The number of amides is 1. The zero-order valence-corrected chi connectivity index (χ0v) is 22.4. The van der Waals surface area contributed by atoms with Crippen molar-refractivity contribution in [2.24, 2.45) is 0 Å². The van der Waals surface area contributed by atoms with Gasteiger partial charge in [-0.2, -0.15) is 0 Å². The average molecular weight is 526 g/mol. The Morgan fingerprint density at radius 1 is 1.09 bits per heavy atom. The zero-order valence-electron chi connectivity index (χ0n) is 20.0. The van der Waals surface area contributed by atoms with Gasteiger partial charge in [-0.15, -0.1) is 24.2 Å². The zero-order chi connectivity index (χ0) is 23.6. The maximum atomic E-state index is 13.3. The average Bonchev–Trinajstić information content (AvgIpc) is 3.26. The first-order valence-electron chi connectivity index (χ1n) is 11.5. The lowest BCUT2D eigenvalue weighted by molar-refractivity contribution is -0.118. The van der Waals surface area contributed by atoms with E-state index in [2.05, 4.69) is 18.7 Å². The molecule has 0 saturated heterocycles. The van der Waals surface area contributed by atoms with Gasteiger partial charge < -0.3 is 9.64 Å². The van der Waals surface area contributed by atoms with Gasteiger partial charge in [0.2, 0.25) is 5.91 Å². The molecule has 2 aromatic carbocycles. The van der Waals surface area contributed by atoms with Crippen LogP contribution in [0.3, 0.4) is 0 Å². The van der Waals surface area contributed by atoms with Gasteiger partial charge in [0, 0.05) is 24.4 Å². The topological polar surface area (TPSA) is 45.7 Å². The highest BCUT2D eigenvalue weighted by molar-refractivity contribution is 7.99. The fraction of sp³-hybridized carbons (Fsp3) is 0.440. The molecule has 0 aliphatic rings. The SMILES string of the molecule is CCOc1cccc2sc(N(CCN(CC)CC)C(=O)CCCSc3ccc(F)cc3)nc12.Cl. The van der Waals surface area contributed by atoms with Gasteiger partial charge in [0.05, 0.1) is 11.3 Å². The molecule has 1 aromatic heterocycles. The van der Waals surface area contributed by atoms with Crippen LogP contribution in [0.25, 0.3) is 10.2 Å². The lowest BCUT2D eigenvalue weighted by Crippen LogP contribution is -2.38. The molecule has 0 aliphatic heterocycles. The van der Waals surface area contributed by atoms with Crippen LogP contribution in [-0.4, -0.2) is 54.3 Å². The molecule has 1 amide bonds. The molecular formula is C25H33ClFN3O2S2. The first-order chi connectivity index (χ1) is 16.0. The minimum Gasteiger partial charge on any atom is -0.492 e. The monoisotopic (exact) mass is 525 g/mol. The molecule has 5 nitrogen and oxygen atoms in total. The summed E-state index contributed by atoms with van der Waals surface area (Å²) in [6, 6.07) is 12.4. The number of hydrogen-bond acceptors (Lipinski definition) is 6. The molecule has 0 saturated carbocycles. The second-order valence-corrected chi connectivity index (χ2v) is 9.69. The van der Waals surface area contributed by atoms with Crippen LogP contribution in [-0.2, 0) is 4.79 Å². The fourth-order valence-corrected chi connectivity index (χ4v) is 5.37. The van der Waals surface area contributed by atoms with E-state index < -0.39 is 0 Å². The summed E-state index contributed by atoms with van der Waals surface area (Å²) in [5, 5.41) is 0.723. The second kappa shape index (κ2) is 14.5. The smallest absolute Gasteiger partial charge is 0.228 e. The predicted octanol–water partition coefficient (Wildman–Crippen LogP) is 6.50. The highest BCUT2D eigenvalue weighted by Crippen LogP contribution is 2.34. The van der Waals surface area contributed by atoms with Gasteiger partial charge in [0.25, 0.3) is 0 Å². The van der Waals surface area contributed by atoms with Gasteiger partial charge in [-0.1, -0.05) is 31.3 Å². The maximum Gasteiger partial charge on any atom is 0.228 e. The number of thiazole rings is 1. The molecule has 3 rings (SSSR count). The summed E-state index contributed by atoms with van der Waals surface area (Å²) >= 11 is 3.17. The van der Waals surface area contributed by atoms with Crippen LogP contribution < -0.4 is 9.64 Å². The number of carbonyl (C=O) groups is 1. The standard InChI is InChI=1S/C25H32FN3O2S2.ClH/c1-4-28(5-2)16-17-29(23(30)11-8-18-32-20-14-12-19(26)13-15-20)25-27-24-21(31-6-3)9-7-10-22(24)33-25;/h7,9-10,12-15H,4-6,8,11,16-18H2,1-3H3;1H. The third kappa shape index (κ3) is 7.83. The molecule has 34 heavy (non-hydrogen) atoms. The first kappa shape index (κ1) is 28.4. The van der Waals surface area contributed by atoms with Gasteiger partial charge >= 0.3 is 0 Å². The molecule has 0 unspecified atom stereocenters. The number of anilines is 1. The van der Waals surface area contributed by atoms with Crippen LogP contribution in [0.15, 0.2) is 47.4 Å². The number of aromatic nitrogens is 1. The number of fused-ring (bicyclic) bond motifs is 1. The third-order valence-electron chi connectivity index (χ3n) is 5.35. The van der Waals surface area contributed by atoms with E-state index in [0.717, 1.165) is 57.8 Å². The predicted molar refractivity (Wildman–Crippen MR) is 145 cm³/mol. The van der Waals surface area contributed by atoms with Gasteiger partial charge in [0.15, 0.2) is 5.13 Å². The van der Waals surface area contributed by atoms with Crippen LogP contribution in [0.4, 0.5) is 9.52 Å². The van der Waals surface area contributed by atoms with Crippen molar-refractivity contribution in [1.82, 2.24) is 9.88 Å². The number of ether oxygens (including phenoxy) is 1. The van der Waals surface area contributed by atoms with Gasteiger partial charge in [-0.05, 0) is 68.6 Å². The van der Waals surface area contributed by atoms with Crippen LogP contribution >= 0.6 is 35.5 Å². The lowest BCUT2D eigenvalue weighted by atomic mass is 10.3. The number of rotatable bonds is 13. The number of para-hydroxylation sites is 1. The van der Waals surface area contributed by atoms with Crippen molar-refractivity contribution < 1.29 is 13.9 Å².